The minimum Gasteiger partial charge on any atom is -0.506 e. The quantitative estimate of drug-likeness (QED) is 0.351. The van der Waals surface area contributed by atoms with Crippen molar-refractivity contribution < 1.29 is 30.6 Å². The SMILES string of the molecule is OC1=C(O)C(O)c2cc(O)c(O)c(O)c21. The van der Waals surface area contributed by atoms with Crippen molar-refractivity contribution >= 4 is 5.76 Å². The zero-order valence-electron chi connectivity index (χ0n) is 7.34. The summed E-state index contributed by atoms with van der Waals surface area (Å²) in [6.07, 6.45) is -1.52. The van der Waals surface area contributed by atoms with Gasteiger partial charge >= 0.3 is 0 Å². The average molecular weight is 212 g/mol. The van der Waals surface area contributed by atoms with Crippen molar-refractivity contribution in [2.24, 2.45) is 0 Å². The molecule has 0 aromatic heterocycles. The zero-order chi connectivity index (χ0) is 11.3. The number of benzene rings is 1. The molecule has 6 heteroatoms. The molecule has 1 aliphatic rings. The Kier molecular flexibility index (Phi) is 1.71. The number of rotatable bonds is 0. The second-order valence-corrected chi connectivity index (χ2v) is 3.19. The molecule has 80 valence electrons. The summed E-state index contributed by atoms with van der Waals surface area (Å²) in [5.74, 6) is -3.70. The predicted molar refractivity (Wildman–Crippen MR) is 48.6 cm³/mol. The Morgan fingerprint density at radius 3 is 2.13 bits per heavy atom. The molecule has 1 atom stereocenters. The minimum atomic E-state index is -1.52. The Bertz CT molecular complexity index is 476. The van der Waals surface area contributed by atoms with Crippen LogP contribution in [-0.2, 0) is 0 Å². The molecule has 0 saturated carbocycles. The predicted octanol–water partition coefficient (Wildman–Crippen LogP) is 0.635. The molecule has 0 heterocycles. The Hall–Kier alpha value is -2.08. The number of aliphatic hydroxyl groups is 3. The van der Waals surface area contributed by atoms with Gasteiger partial charge in [-0.15, -0.1) is 0 Å². The highest BCUT2D eigenvalue weighted by Gasteiger charge is 2.34. The highest BCUT2D eigenvalue weighted by molar-refractivity contribution is 5.79. The maximum Gasteiger partial charge on any atom is 0.201 e. The summed E-state index contributed by atoms with van der Waals surface area (Å²) in [5, 5.41) is 55.6. The monoisotopic (exact) mass is 212 g/mol. The fourth-order valence-electron chi connectivity index (χ4n) is 1.53. The first-order chi connectivity index (χ1) is 6.95. The van der Waals surface area contributed by atoms with E-state index in [1.54, 1.807) is 0 Å². The van der Waals surface area contributed by atoms with Crippen molar-refractivity contribution in [1.29, 1.82) is 0 Å². The van der Waals surface area contributed by atoms with E-state index in [1.807, 2.05) is 0 Å². The first-order valence-corrected chi connectivity index (χ1v) is 4.03. The standard InChI is InChI=1S/C9H8O6/c10-3-1-2-4(7(13)6(3)12)8(14)9(15)5(2)11/h1,5,10-15H. The van der Waals surface area contributed by atoms with Crippen molar-refractivity contribution in [3.63, 3.8) is 0 Å². The van der Waals surface area contributed by atoms with Crippen LogP contribution in [0.4, 0.5) is 0 Å². The first kappa shape index (κ1) is 9.47. The Morgan fingerprint density at radius 1 is 0.933 bits per heavy atom. The molecule has 0 radical (unpaired) electrons. The van der Waals surface area contributed by atoms with Crippen molar-refractivity contribution in [2.75, 3.05) is 0 Å². The molecule has 6 N–H and O–H groups in total. The second-order valence-electron chi connectivity index (χ2n) is 3.19. The number of aromatic hydroxyl groups is 3. The lowest BCUT2D eigenvalue weighted by atomic mass is 10.1. The molecule has 1 aromatic rings. The fraction of sp³-hybridized carbons (Fsp3) is 0.111. The molecule has 0 spiro atoms. The highest BCUT2D eigenvalue weighted by atomic mass is 16.3. The number of phenolic OH excluding ortho intramolecular Hbond substituents is 3. The van der Waals surface area contributed by atoms with Gasteiger partial charge in [-0.2, -0.15) is 0 Å². The molecule has 0 amide bonds. The third-order valence-electron chi connectivity index (χ3n) is 2.32. The smallest absolute Gasteiger partial charge is 0.201 e. The van der Waals surface area contributed by atoms with Crippen LogP contribution in [0.1, 0.15) is 17.2 Å². The molecule has 6 nitrogen and oxygen atoms in total. The number of fused-ring (bicyclic) bond motifs is 1. The maximum atomic E-state index is 9.39. The Morgan fingerprint density at radius 2 is 1.53 bits per heavy atom. The van der Waals surface area contributed by atoms with Crippen molar-refractivity contribution in [2.45, 2.75) is 6.10 Å². The normalized spacial score (nSPS) is 19.4. The summed E-state index contributed by atoms with van der Waals surface area (Å²) < 4.78 is 0. The lowest BCUT2D eigenvalue weighted by Gasteiger charge is -2.08. The van der Waals surface area contributed by atoms with Crippen LogP contribution in [0.5, 0.6) is 17.2 Å². The molecule has 0 saturated heterocycles. The van der Waals surface area contributed by atoms with Crippen LogP contribution < -0.4 is 0 Å². The summed E-state index contributed by atoms with van der Waals surface area (Å²) in [5.41, 5.74) is -0.354. The van der Waals surface area contributed by atoms with Crippen LogP contribution in [0.2, 0.25) is 0 Å². The maximum absolute atomic E-state index is 9.39. The molecule has 2 rings (SSSR count). The van der Waals surface area contributed by atoms with E-state index >= 15 is 0 Å². The Labute approximate surface area is 83.6 Å². The van der Waals surface area contributed by atoms with Gasteiger partial charge < -0.3 is 30.6 Å². The van der Waals surface area contributed by atoms with Crippen molar-refractivity contribution in [1.82, 2.24) is 0 Å². The number of phenols is 3. The second kappa shape index (κ2) is 2.71. The molecular weight excluding hydrogens is 204 g/mol. The number of hydrogen-bond donors (Lipinski definition) is 6. The molecule has 1 aromatic carbocycles. The third-order valence-corrected chi connectivity index (χ3v) is 2.32. The summed E-state index contributed by atoms with van der Waals surface area (Å²) >= 11 is 0. The average Bonchev–Trinajstić information content (AvgIpc) is 2.40. The molecule has 1 aliphatic carbocycles. The van der Waals surface area contributed by atoms with Gasteiger partial charge in [0.05, 0.1) is 5.56 Å². The zero-order valence-corrected chi connectivity index (χ0v) is 7.34. The van der Waals surface area contributed by atoms with Gasteiger partial charge in [-0.1, -0.05) is 0 Å². The lowest BCUT2D eigenvalue weighted by Crippen LogP contribution is -1.96. The van der Waals surface area contributed by atoms with E-state index in [4.69, 9.17) is 10.2 Å². The molecule has 0 aliphatic heterocycles. The van der Waals surface area contributed by atoms with E-state index in [-0.39, 0.29) is 11.1 Å². The highest BCUT2D eigenvalue weighted by Crippen LogP contribution is 2.49. The first-order valence-electron chi connectivity index (χ1n) is 4.03. The van der Waals surface area contributed by atoms with E-state index in [2.05, 4.69) is 0 Å². The molecular formula is C9H8O6. The van der Waals surface area contributed by atoms with Crippen molar-refractivity contribution in [3.05, 3.63) is 23.0 Å². The van der Waals surface area contributed by atoms with Gasteiger partial charge in [0, 0.05) is 5.56 Å². The van der Waals surface area contributed by atoms with E-state index in [9.17, 15) is 20.4 Å². The topological polar surface area (TPSA) is 121 Å². The van der Waals surface area contributed by atoms with Crippen LogP contribution >= 0.6 is 0 Å². The van der Waals surface area contributed by atoms with Gasteiger partial charge in [0.15, 0.2) is 23.0 Å². The van der Waals surface area contributed by atoms with Crippen molar-refractivity contribution in [3.8, 4) is 17.2 Å². The van der Waals surface area contributed by atoms with Gasteiger partial charge in [-0.25, -0.2) is 0 Å². The minimum absolute atomic E-state index is 0.0715. The lowest BCUT2D eigenvalue weighted by molar-refractivity contribution is 0.157. The molecule has 1 unspecified atom stereocenters. The largest absolute Gasteiger partial charge is 0.506 e. The summed E-state index contributed by atoms with van der Waals surface area (Å²) in [4.78, 5) is 0. The van der Waals surface area contributed by atoms with E-state index in [1.165, 1.54) is 0 Å². The van der Waals surface area contributed by atoms with Gasteiger partial charge in [0.2, 0.25) is 5.75 Å². The third kappa shape index (κ3) is 1.02. The van der Waals surface area contributed by atoms with E-state index in [0.717, 1.165) is 6.07 Å². The summed E-state index contributed by atoms with van der Waals surface area (Å²) in [6, 6.07) is 0.953. The number of hydrogen-bond acceptors (Lipinski definition) is 6. The van der Waals surface area contributed by atoms with Gasteiger partial charge in [0.1, 0.15) is 6.10 Å². The van der Waals surface area contributed by atoms with Crippen LogP contribution in [0, 0.1) is 0 Å². The van der Waals surface area contributed by atoms with Gasteiger partial charge in [0.25, 0.3) is 0 Å². The Balaban J connectivity index is 2.79. The molecule has 15 heavy (non-hydrogen) atoms. The fourth-order valence-corrected chi connectivity index (χ4v) is 1.53. The number of aliphatic hydroxyl groups excluding tert-OH is 3. The van der Waals surface area contributed by atoms with Crippen LogP contribution in [0.15, 0.2) is 11.8 Å². The molecule has 0 fully saturated rings. The van der Waals surface area contributed by atoms with Crippen LogP contribution in [0.3, 0.4) is 0 Å². The van der Waals surface area contributed by atoms with Gasteiger partial charge in [-0.3, -0.25) is 0 Å². The van der Waals surface area contributed by atoms with E-state index < -0.39 is 34.9 Å². The summed E-state index contributed by atoms with van der Waals surface area (Å²) in [7, 11) is 0. The van der Waals surface area contributed by atoms with Crippen LogP contribution in [-0.4, -0.2) is 30.6 Å². The van der Waals surface area contributed by atoms with Crippen LogP contribution in [0.25, 0.3) is 5.76 Å². The van der Waals surface area contributed by atoms with Gasteiger partial charge in [-0.05, 0) is 6.07 Å². The van der Waals surface area contributed by atoms with E-state index in [0.29, 0.717) is 0 Å². The summed E-state index contributed by atoms with van der Waals surface area (Å²) in [6.45, 7) is 0. The molecule has 0 bridgehead atoms.